The van der Waals surface area contributed by atoms with Crippen LogP contribution in [0.15, 0.2) is 35.5 Å². The fourth-order valence-electron chi connectivity index (χ4n) is 6.12. The van der Waals surface area contributed by atoms with Gasteiger partial charge >= 0.3 is 5.97 Å². The molecule has 1 aromatic carbocycles. The van der Waals surface area contributed by atoms with Crippen LogP contribution in [0.1, 0.15) is 71.7 Å². The number of rotatable bonds is 8. The molecule has 2 N–H and O–H groups in total. The fourth-order valence-corrected chi connectivity index (χ4v) is 7.08. The second kappa shape index (κ2) is 8.93. The summed E-state index contributed by atoms with van der Waals surface area (Å²) in [6.45, 7) is 2.56. The third kappa shape index (κ3) is 4.07. The number of aromatic nitrogens is 2. The molecule has 3 fully saturated rings. The molecule has 5 rings (SSSR count). The first kappa shape index (κ1) is 21.6. The number of thioether (sulfide) groups is 1. The van der Waals surface area contributed by atoms with E-state index in [0.717, 1.165) is 46.9 Å². The Balaban J connectivity index is 1.34. The molecular formula is C25H31N3O3S. The van der Waals surface area contributed by atoms with E-state index in [4.69, 9.17) is 0 Å². The van der Waals surface area contributed by atoms with Gasteiger partial charge in [-0.2, -0.15) is 5.10 Å². The predicted molar refractivity (Wildman–Crippen MR) is 124 cm³/mol. The van der Waals surface area contributed by atoms with Crippen LogP contribution in [0.25, 0.3) is 0 Å². The van der Waals surface area contributed by atoms with Gasteiger partial charge in [0.1, 0.15) is 5.03 Å². The van der Waals surface area contributed by atoms with Crippen molar-refractivity contribution in [2.24, 2.45) is 23.7 Å². The Bertz CT molecular complexity index is 1020. The molecule has 6 nitrogen and oxygen atoms in total. The van der Waals surface area contributed by atoms with Crippen molar-refractivity contribution in [3.8, 4) is 0 Å². The van der Waals surface area contributed by atoms with Crippen LogP contribution in [-0.4, -0.2) is 38.6 Å². The minimum Gasteiger partial charge on any atom is -0.478 e. The van der Waals surface area contributed by atoms with E-state index in [9.17, 15) is 14.7 Å². The largest absolute Gasteiger partial charge is 0.478 e. The standard InChI is InChI=1S/C25H31N3O3S/c1-2-8-32-24-21(13-26-28(24)14-16-4-3-5-17(10-16)25(30)31)23(29)27-22-7-6-15-9-18-12-20(22)19(18)11-15/h3-5,10,13,15,18-20,22H,2,6-9,11-12,14H2,1H3,(H,27,29)(H,30,31)/t15?,18-,19?,20?,22?/m0/s1. The Morgan fingerprint density at radius 3 is 2.91 bits per heavy atom. The van der Waals surface area contributed by atoms with Gasteiger partial charge < -0.3 is 10.4 Å². The SMILES string of the molecule is CCCSc1c(C(=O)NC2CCC3CC4C2C[C@@H]4C3)cnn1Cc1cccc(C(=O)O)c1. The minimum atomic E-state index is -0.941. The summed E-state index contributed by atoms with van der Waals surface area (Å²) in [6.07, 6.45) is 9.08. The maximum atomic E-state index is 13.3. The molecule has 1 aromatic heterocycles. The third-order valence-corrected chi connectivity index (χ3v) is 8.99. The van der Waals surface area contributed by atoms with Crippen LogP contribution in [0.2, 0.25) is 0 Å². The average molecular weight is 454 g/mol. The van der Waals surface area contributed by atoms with Crippen molar-refractivity contribution in [3.63, 3.8) is 0 Å². The Hall–Kier alpha value is -2.28. The predicted octanol–water partition coefficient (Wildman–Crippen LogP) is 4.69. The Morgan fingerprint density at radius 1 is 1.22 bits per heavy atom. The van der Waals surface area contributed by atoms with Crippen molar-refractivity contribution in [1.82, 2.24) is 15.1 Å². The summed E-state index contributed by atoms with van der Waals surface area (Å²) < 4.78 is 1.84. The van der Waals surface area contributed by atoms with Crippen LogP contribution in [-0.2, 0) is 6.54 Å². The summed E-state index contributed by atoms with van der Waals surface area (Å²) in [5.74, 6) is 3.20. The number of benzene rings is 1. The molecule has 3 aliphatic rings. The van der Waals surface area contributed by atoms with Crippen molar-refractivity contribution in [3.05, 3.63) is 47.2 Å². The zero-order valence-corrected chi connectivity index (χ0v) is 19.3. The molecule has 1 heterocycles. The molecule has 170 valence electrons. The van der Waals surface area contributed by atoms with Crippen LogP contribution in [0.3, 0.4) is 0 Å². The molecule has 2 aromatic rings. The molecular weight excluding hydrogens is 422 g/mol. The Morgan fingerprint density at radius 2 is 2.09 bits per heavy atom. The first-order valence-corrected chi connectivity index (χ1v) is 12.8. The number of aromatic carboxylic acids is 1. The second-order valence-electron chi connectivity index (χ2n) is 9.69. The van der Waals surface area contributed by atoms with E-state index in [1.807, 2.05) is 10.7 Å². The zero-order valence-electron chi connectivity index (χ0n) is 18.5. The number of fused-ring (bicyclic) bond motifs is 1. The summed E-state index contributed by atoms with van der Waals surface area (Å²) in [6, 6.07) is 7.20. The van der Waals surface area contributed by atoms with Gasteiger partial charge in [-0.3, -0.25) is 9.48 Å². The summed E-state index contributed by atoms with van der Waals surface area (Å²) in [5.41, 5.74) is 1.76. The highest BCUT2D eigenvalue weighted by Crippen LogP contribution is 2.58. The van der Waals surface area contributed by atoms with Gasteiger partial charge in [-0.25, -0.2) is 4.79 Å². The Labute approximate surface area is 193 Å². The number of carboxylic acids is 1. The molecule has 3 aliphatic carbocycles. The van der Waals surface area contributed by atoms with Crippen LogP contribution < -0.4 is 5.32 Å². The highest BCUT2D eigenvalue weighted by atomic mass is 32.2. The summed E-state index contributed by atoms with van der Waals surface area (Å²) in [4.78, 5) is 24.7. The molecule has 32 heavy (non-hydrogen) atoms. The van der Waals surface area contributed by atoms with E-state index in [2.05, 4.69) is 17.3 Å². The minimum absolute atomic E-state index is 0.0136. The van der Waals surface area contributed by atoms with Crippen LogP contribution in [0.4, 0.5) is 0 Å². The number of hydrogen-bond acceptors (Lipinski definition) is 4. The van der Waals surface area contributed by atoms with Crippen molar-refractivity contribution in [2.45, 2.75) is 63.1 Å². The molecule has 2 bridgehead atoms. The van der Waals surface area contributed by atoms with Gasteiger partial charge in [0.25, 0.3) is 5.91 Å². The molecule has 0 spiro atoms. The molecule has 7 heteroatoms. The van der Waals surface area contributed by atoms with Crippen LogP contribution in [0.5, 0.6) is 0 Å². The molecule has 3 saturated carbocycles. The van der Waals surface area contributed by atoms with E-state index in [1.54, 1.807) is 36.2 Å². The summed E-state index contributed by atoms with van der Waals surface area (Å²) in [7, 11) is 0. The number of amides is 1. The highest BCUT2D eigenvalue weighted by Gasteiger charge is 2.52. The number of nitrogens with one attached hydrogen (secondary N) is 1. The molecule has 5 atom stereocenters. The van der Waals surface area contributed by atoms with Gasteiger partial charge in [-0.05, 0) is 85.6 Å². The summed E-state index contributed by atoms with van der Waals surface area (Å²) in [5, 5.41) is 18.1. The van der Waals surface area contributed by atoms with E-state index in [-0.39, 0.29) is 17.5 Å². The highest BCUT2D eigenvalue weighted by molar-refractivity contribution is 7.99. The topological polar surface area (TPSA) is 84.2 Å². The molecule has 0 saturated heterocycles. The molecule has 4 unspecified atom stereocenters. The number of hydrogen-bond donors (Lipinski definition) is 2. The maximum absolute atomic E-state index is 13.3. The lowest BCUT2D eigenvalue weighted by Crippen LogP contribution is -2.49. The average Bonchev–Trinajstić information content (AvgIpc) is 3.26. The van der Waals surface area contributed by atoms with E-state index in [0.29, 0.717) is 18.0 Å². The van der Waals surface area contributed by atoms with Crippen molar-refractivity contribution in [2.75, 3.05) is 5.75 Å². The first-order valence-electron chi connectivity index (χ1n) is 11.8. The van der Waals surface area contributed by atoms with Gasteiger partial charge in [0.15, 0.2) is 0 Å². The van der Waals surface area contributed by atoms with Crippen molar-refractivity contribution in [1.29, 1.82) is 0 Å². The Kier molecular flexibility index (Phi) is 6.01. The number of carboxylic acid groups (broad SMARTS) is 1. The number of carbonyl (C=O) groups excluding carboxylic acids is 1. The van der Waals surface area contributed by atoms with E-state index >= 15 is 0 Å². The lowest BCUT2D eigenvalue weighted by Gasteiger charge is -2.45. The van der Waals surface area contributed by atoms with Crippen molar-refractivity contribution < 1.29 is 14.7 Å². The molecule has 0 aliphatic heterocycles. The van der Waals surface area contributed by atoms with Gasteiger partial charge in [0.05, 0.1) is 23.9 Å². The normalized spacial score (nSPS) is 28.1. The summed E-state index contributed by atoms with van der Waals surface area (Å²) >= 11 is 1.65. The van der Waals surface area contributed by atoms with E-state index < -0.39 is 5.97 Å². The molecule has 1 amide bonds. The number of carbonyl (C=O) groups is 2. The fraction of sp³-hybridized carbons (Fsp3) is 0.560. The first-order chi connectivity index (χ1) is 15.5. The zero-order chi connectivity index (χ0) is 22.2. The van der Waals surface area contributed by atoms with Crippen LogP contribution >= 0.6 is 11.8 Å². The third-order valence-electron chi connectivity index (χ3n) is 7.68. The van der Waals surface area contributed by atoms with Gasteiger partial charge in [0.2, 0.25) is 0 Å². The second-order valence-corrected chi connectivity index (χ2v) is 10.8. The monoisotopic (exact) mass is 453 g/mol. The smallest absolute Gasteiger partial charge is 0.335 e. The van der Waals surface area contributed by atoms with Gasteiger partial charge in [-0.1, -0.05) is 19.1 Å². The molecule has 0 radical (unpaired) electrons. The maximum Gasteiger partial charge on any atom is 0.335 e. The lowest BCUT2D eigenvalue weighted by molar-refractivity contribution is 0.0553. The van der Waals surface area contributed by atoms with Crippen molar-refractivity contribution >= 4 is 23.6 Å². The van der Waals surface area contributed by atoms with Gasteiger partial charge in [-0.15, -0.1) is 11.8 Å². The quantitative estimate of drug-likeness (QED) is 0.567. The lowest BCUT2D eigenvalue weighted by atomic mass is 9.63. The van der Waals surface area contributed by atoms with E-state index in [1.165, 1.54) is 25.7 Å². The number of nitrogens with zero attached hydrogens (tertiary/aromatic N) is 2. The van der Waals surface area contributed by atoms with Crippen LogP contribution in [0, 0.1) is 23.7 Å². The van der Waals surface area contributed by atoms with Gasteiger partial charge in [0, 0.05) is 6.04 Å².